The van der Waals surface area contributed by atoms with Crippen molar-refractivity contribution in [1.82, 2.24) is 10.2 Å². The Labute approximate surface area is 126 Å². The maximum absolute atomic E-state index is 11.9. The lowest BCUT2D eigenvalue weighted by Crippen LogP contribution is -2.28. The second kappa shape index (κ2) is 11.8. The number of carboxylic acid groups (broad SMARTS) is 1. The molecule has 0 aliphatic carbocycles. The summed E-state index contributed by atoms with van der Waals surface area (Å²) in [6, 6.07) is 1.91. The molecule has 0 aliphatic rings. The van der Waals surface area contributed by atoms with E-state index >= 15 is 0 Å². The van der Waals surface area contributed by atoms with E-state index in [9.17, 15) is 9.59 Å². The average molecular weight is 295 g/mol. The number of rotatable bonds is 11. The number of unbranched alkanes of at least 4 members (excludes halogenated alkanes) is 1. The molecule has 0 fully saturated rings. The van der Waals surface area contributed by atoms with Gasteiger partial charge in [0.15, 0.2) is 0 Å². The van der Waals surface area contributed by atoms with E-state index in [1.54, 1.807) is 6.20 Å². The highest BCUT2D eigenvalue weighted by Gasteiger charge is 2.10. The van der Waals surface area contributed by atoms with Crippen LogP contribution in [0.25, 0.3) is 0 Å². The molecule has 0 saturated carbocycles. The van der Waals surface area contributed by atoms with Gasteiger partial charge in [-0.05, 0) is 19.3 Å². The van der Waals surface area contributed by atoms with Gasteiger partial charge in [-0.3, -0.25) is 9.59 Å². The number of amides is 1. The van der Waals surface area contributed by atoms with Crippen molar-refractivity contribution in [3.63, 3.8) is 0 Å². The van der Waals surface area contributed by atoms with Crippen LogP contribution in [0.4, 0.5) is 0 Å². The topological polar surface area (TPSA) is 93.4 Å². The van der Waals surface area contributed by atoms with Crippen molar-refractivity contribution in [3.8, 4) is 6.07 Å². The van der Waals surface area contributed by atoms with Gasteiger partial charge in [0.1, 0.15) is 11.6 Å². The first-order valence-corrected chi connectivity index (χ1v) is 7.41. The maximum atomic E-state index is 11.9. The van der Waals surface area contributed by atoms with Crippen LogP contribution >= 0.6 is 0 Å². The summed E-state index contributed by atoms with van der Waals surface area (Å²) >= 11 is 0. The molecule has 21 heavy (non-hydrogen) atoms. The minimum atomic E-state index is -0.894. The van der Waals surface area contributed by atoms with Gasteiger partial charge in [-0.15, -0.1) is 0 Å². The third kappa shape index (κ3) is 9.50. The average Bonchev–Trinajstić information content (AvgIpc) is 2.46. The van der Waals surface area contributed by atoms with Crippen LogP contribution in [-0.2, 0) is 9.59 Å². The van der Waals surface area contributed by atoms with Crippen LogP contribution in [0.1, 0.15) is 46.0 Å². The highest BCUT2D eigenvalue weighted by Crippen LogP contribution is 2.03. The third-order valence-electron chi connectivity index (χ3n) is 2.84. The number of nitriles is 1. The standard InChI is InChI=1S/C15H25N3O3/c1-3-5-10-18(9-4-2)12-13(11-16)15(21)17-8-6-7-14(19)20/h12H,3-10H2,1-2H3,(H,17,21)(H,19,20)/b13-12-. The van der Waals surface area contributed by atoms with Gasteiger partial charge < -0.3 is 15.3 Å². The second-order valence-electron chi connectivity index (χ2n) is 4.80. The Morgan fingerprint density at radius 2 is 1.95 bits per heavy atom. The van der Waals surface area contributed by atoms with Crippen LogP contribution in [-0.4, -0.2) is 41.5 Å². The van der Waals surface area contributed by atoms with Gasteiger partial charge in [0, 0.05) is 32.3 Å². The predicted octanol–water partition coefficient (Wildman–Crippen LogP) is 1.89. The zero-order valence-corrected chi connectivity index (χ0v) is 12.9. The van der Waals surface area contributed by atoms with E-state index in [-0.39, 0.29) is 18.5 Å². The molecule has 0 bridgehead atoms. The zero-order valence-electron chi connectivity index (χ0n) is 12.9. The van der Waals surface area contributed by atoms with Gasteiger partial charge in [-0.2, -0.15) is 5.26 Å². The van der Waals surface area contributed by atoms with E-state index in [2.05, 4.69) is 12.2 Å². The lowest BCUT2D eigenvalue weighted by Gasteiger charge is -2.19. The van der Waals surface area contributed by atoms with Crippen LogP contribution in [0.2, 0.25) is 0 Å². The van der Waals surface area contributed by atoms with Crippen LogP contribution in [0.5, 0.6) is 0 Å². The van der Waals surface area contributed by atoms with Crippen LogP contribution in [0, 0.1) is 11.3 Å². The predicted molar refractivity (Wildman–Crippen MR) is 80.3 cm³/mol. The molecule has 6 heteroatoms. The summed E-state index contributed by atoms with van der Waals surface area (Å²) in [5.74, 6) is -1.34. The van der Waals surface area contributed by atoms with Crippen molar-refractivity contribution in [3.05, 3.63) is 11.8 Å². The van der Waals surface area contributed by atoms with Crippen molar-refractivity contribution in [1.29, 1.82) is 5.26 Å². The van der Waals surface area contributed by atoms with E-state index in [4.69, 9.17) is 10.4 Å². The quantitative estimate of drug-likeness (QED) is 0.345. The van der Waals surface area contributed by atoms with E-state index < -0.39 is 11.9 Å². The largest absolute Gasteiger partial charge is 0.481 e. The molecule has 0 atom stereocenters. The SMILES string of the molecule is CCCCN(/C=C(/C#N)C(=O)NCCCC(=O)O)CCC. The summed E-state index contributed by atoms with van der Waals surface area (Å²) < 4.78 is 0. The fourth-order valence-corrected chi connectivity index (χ4v) is 1.75. The molecule has 0 aromatic heterocycles. The van der Waals surface area contributed by atoms with Crippen molar-refractivity contribution in [2.75, 3.05) is 19.6 Å². The number of nitrogens with zero attached hydrogens (tertiary/aromatic N) is 2. The lowest BCUT2D eigenvalue weighted by molar-refractivity contribution is -0.137. The van der Waals surface area contributed by atoms with Gasteiger partial charge in [0.25, 0.3) is 5.91 Å². The molecular weight excluding hydrogens is 270 g/mol. The highest BCUT2D eigenvalue weighted by atomic mass is 16.4. The van der Waals surface area contributed by atoms with Gasteiger partial charge >= 0.3 is 5.97 Å². The fraction of sp³-hybridized carbons (Fsp3) is 0.667. The minimum Gasteiger partial charge on any atom is -0.481 e. The smallest absolute Gasteiger partial charge is 0.303 e. The molecule has 118 valence electrons. The van der Waals surface area contributed by atoms with Gasteiger partial charge in [-0.25, -0.2) is 0 Å². The van der Waals surface area contributed by atoms with Gasteiger partial charge in [-0.1, -0.05) is 20.3 Å². The summed E-state index contributed by atoms with van der Waals surface area (Å²) in [4.78, 5) is 24.2. The summed E-state index contributed by atoms with van der Waals surface area (Å²) in [6.07, 6.45) is 4.97. The van der Waals surface area contributed by atoms with Crippen molar-refractivity contribution in [2.45, 2.75) is 46.0 Å². The second-order valence-corrected chi connectivity index (χ2v) is 4.80. The molecule has 1 amide bonds. The number of carbonyl (C=O) groups is 2. The van der Waals surface area contributed by atoms with E-state index in [0.717, 1.165) is 32.4 Å². The molecule has 0 rings (SSSR count). The number of hydrogen-bond donors (Lipinski definition) is 2. The molecule has 0 aromatic rings. The molecule has 0 saturated heterocycles. The number of hydrogen-bond acceptors (Lipinski definition) is 4. The monoisotopic (exact) mass is 295 g/mol. The first-order chi connectivity index (χ1) is 10.0. The molecule has 0 spiro atoms. The first-order valence-electron chi connectivity index (χ1n) is 7.41. The molecule has 2 N–H and O–H groups in total. The molecule has 0 heterocycles. The van der Waals surface area contributed by atoms with Crippen molar-refractivity contribution in [2.24, 2.45) is 0 Å². The van der Waals surface area contributed by atoms with E-state index in [1.165, 1.54) is 0 Å². The Balaban J connectivity index is 4.48. The summed E-state index contributed by atoms with van der Waals surface area (Å²) in [5, 5.41) is 20.2. The van der Waals surface area contributed by atoms with Crippen molar-refractivity contribution >= 4 is 11.9 Å². The Bertz CT molecular complexity index is 399. The highest BCUT2D eigenvalue weighted by molar-refractivity contribution is 5.97. The third-order valence-corrected chi connectivity index (χ3v) is 2.84. The number of nitrogens with one attached hydrogen (secondary N) is 1. The Hall–Kier alpha value is -2.03. The Morgan fingerprint density at radius 1 is 1.24 bits per heavy atom. The maximum Gasteiger partial charge on any atom is 0.303 e. The summed E-state index contributed by atoms with van der Waals surface area (Å²) in [7, 11) is 0. The molecular formula is C15H25N3O3. The molecule has 0 aliphatic heterocycles. The summed E-state index contributed by atoms with van der Waals surface area (Å²) in [5.41, 5.74) is 0.0647. The summed E-state index contributed by atoms with van der Waals surface area (Å²) in [6.45, 7) is 6.02. The molecule has 0 unspecified atom stereocenters. The van der Waals surface area contributed by atoms with E-state index in [0.29, 0.717) is 6.42 Å². The van der Waals surface area contributed by atoms with Crippen molar-refractivity contribution < 1.29 is 14.7 Å². The Morgan fingerprint density at radius 3 is 2.48 bits per heavy atom. The molecule has 0 radical (unpaired) electrons. The normalized spacial score (nSPS) is 10.8. The molecule has 6 nitrogen and oxygen atoms in total. The fourth-order valence-electron chi connectivity index (χ4n) is 1.75. The van der Waals surface area contributed by atoms with Gasteiger partial charge in [0.05, 0.1) is 0 Å². The number of carboxylic acids is 1. The van der Waals surface area contributed by atoms with Gasteiger partial charge in [0.2, 0.25) is 0 Å². The molecule has 0 aromatic carbocycles. The van der Waals surface area contributed by atoms with Crippen LogP contribution in [0.3, 0.4) is 0 Å². The minimum absolute atomic E-state index is 0.00431. The van der Waals surface area contributed by atoms with Crippen LogP contribution < -0.4 is 5.32 Å². The van der Waals surface area contributed by atoms with E-state index in [1.807, 2.05) is 17.9 Å². The number of aliphatic carboxylic acids is 1. The first kappa shape index (κ1) is 19.0. The van der Waals surface area contributed by atoms with Crippen LogP contribution in [0.15, 0.2) is 11.8 Å². The Kier molecular flexibility index (Phi) is 10.6. The zero-order chi connectivity index (χ0) is 16.1. The number of carbonyl (C=O) groups excluding carboxylic acids is 1. The lowest BCUT2D eigenvalue weighted by atomic mass is 10.2.